The van der Waals surface area contributed by atoms with E-state index in [9.17, 15) is 9.59 Å². The van der Waals surface area contributed by atoms with Gasteiger partial charge >= 0.3 is 5.97 Å². The first kappa shape index (κ1) is 22.0. The summed E-state index contributed by atoms with van der Waals surface area (Å²) >= 11 is 1.60. The first-order chi connectivity index (χ1) is 14.6. The summed E-state index contributed by atoms with van der Waals surface area (Å²) in [5.41, 5.74) is 3.53. The molecule has 1 aliphatic carbocycles. The molecule has 30 heavy (non-hydrogen) atoms. The summed E-state index contributed by atoms with van der Waals surface area (Å²) in [6.07, 6.45) is 3.53. The van der Waals surface area contributed by atoms with E-state index in [4.69, 9.17) is 18.9 Å². The first-order valence-electron chi connectivity index (χ1n) is 9.78. The Kier molecular flexibility index (Phi) is 7.63. The highest BCUT2D eigenvalue weighted by molar-refractivity contribution is 7.98. The molecule has 3 rings (SSSR count). The first-order valence-corrected chi connectivity index (χ1v) is 11.2. The van der Waals surface area contributed by atoms with Gasteiger partial charge in [-0.15, -0.1) is 0 Å². The highest BCUT2D eigenvalue weighted by Gasteiger charge is 2.25. The van der Waals surface area contributed by atoms with Crippen LogP contribution in [0.1, 0.15) is 28.8 Å². The quantitative estimate of drug-likeness (QED) is 0.414. The number of ether oxygens (including phenoxy) is 4. The predicted molar refractivity (Wildman–Crippen MR) is 117 cm³/mol. The highest BCUT2D eigenvalue weighted by Crippen LogP contribution is 2.46. The predicted octanol–water partition coefficient (Wildman–Crippen LogP) is 4.17. The molecule has 0 bridgehead atoms. The molecule has 0 atom stereocenters. The maximum atomic E-state index is 12.2. The van der Waals surface area contributed by atoms with Crippen molar-refractivity contribution < 1.29 is 28.5 Å². The summed E-state index contributed by atoms with van der Waals surface area (Å²) in [5, 5.41) is 0. The number of hydrogen-bond donors (Lipinski definition) is 0. The van der Waals surface area contributed by atoms with Gasteiger partial charge in [-0.2, -0.15) is 11.8 Å². The lowest BCUT2D eigenvalue weighted by Crippen LogP contribution is -2.13. The maximum absolute atomic E-state index is 12.2. The average Bonchev–Trinajstić information content (AvgIpc) is 3.15. The zero-order valence-electron chi connectivity index (χ0n) is 17.5. The Hall–Kier alpha value is -2.67. The van der Waals surface area contributed by atoms with Gasteiger partial charge in [0.15, 0.2) is 17.3 Å². The summed E-state index contributed by atoms with van der Waals surface area (Å²) in [6, 6.07) is 9.45. The second-order valence-electron chi connectivity index (χ2n) is 6.74. The van der Waals surface area contributed by atoms with Gasteiger partial charge in [0.05, 0.1) is 20.6 Å². The molecule has 0 spiro atoms. The number of fused-ring (bicyclic) bond motifs is 1. The summed E-state index contributed by atoms with van der Waals surface area (Å²) in [5.74, 6) is 2.15. The lowest BCUT2D eigenvalue weighted by Gasteiger charge is -2.19. The molecule has 7 heteroatoms. The Bertz CT molecular complexity index is 924. The molecule has 0 unspecified atom stereocenters. The van der Waals surface area contributed by atoms with E-state index >= 15 is 0 Å². The van der Waals surface area contributed by atoms with Crippen LogP contribution >= 0.6 is 11.8 Å². The van der Waals surface area contributed by atoms with Gasteiger partial charge in [-0.05, 0) is 35.9 Å². The van der Waals surface area contributed by atoms with E-state index in [1.54, 1.807) is 26.0 Å². The van der Waals surface area contributed by atoms with Crippen molar-refractivity contribution in [1.29, 1.82) is 0 Å². The van der Waals surface area contributed by atoms with E-state index in [0.29, 0.717) is 36.5 Å². The topological polar surface area (TPSA) is 71.1 Å². The molecule has 0 heterocycles. The third-order valence-corrected chi connectivity index (χ3v) is 5.58. The molecule has 0 N–H and O–H groups in total. The molecule has 0 saturated heterocycles. The van der Waals surface area contributed by atoms with Gasteiger partial charge in [0.2, 0.25) is 5.75 Å². The van der Waals surface area contributed by atoms with Crippen molar-refractivity contribution in [3.8, 4) is 28.4 Å². The zero-order valence-corrected chi connectivity index (χ0v) is 18.3. The van der Waals surface area contributed by atoms with Crippen LogP contribution in [0.5, 0.6) is 17.2 Å². The number of ketones is 1. The summed E-state index contributed by atoms with van der Waals surface area (Å²) in [4.78, 5) is 23.9. The van der Waals surface area contributed by atoms with Crippen LogP contribution < -0.4 is 14.2 Å². The third kappa shape index (κ3) is 4.73. The minimum absolute atomic E-state index is 0.137. The molecule has 160 valence electrons. The molecule has 0 amide bonds. The molecule has 0 radical (unpaired) electrons. The van der Waals surface area contributed by atoms with Crippen molar-refractivity contribution in [3.05, 3.63) is 41.5 Å². The number of rotatable bonds is 10. The second-order valence-corrected chi connectivity index (χ2v) is 7.73. The summed E-state index contributed by atoms with van der Waals surface area (Å²) in [6.45, 7) is 0.313. The number of carbonyl (C=O) groups excluding carboxylic acids is 2. The Balaban J connectivity index is 1.88. The molecular formula is C23H26O6S. The van der Waals surface area contributed by atoms with Crippen LogP contribution in [-0.2, 0) is 16.0 Å². The van der Waals surface area contributed by atoms with E-state index in [2.05, 4.69) is 0 Å². The van der Waals surface area contributed by atoms with Crippen molar-refractivity contribution >= 4 is 23.5 Å². The number of thioether (sulfide) groups is 1. The van der Waals surface area contributed by atoms with Crippen molar-refractivity contribution in [2.45, 2.75) is 19.3 Å². The SMILES string of the molecule is COc1ccc(-c2cccc3c2CCC3=O)c(OCCOC(=O)CCSC)c1OC. The second kappa shape index (κ2) is 10.4. The fourth-order valence-corrected chi connectivity index (χ4v) is 3.92. The number of Topliss-reactive ketones (excluding diaryl/α,β-unsaturated/α-hetero) is 1. The van der Waals surface area contributed by atoms with E-state index in [1.165, 1.54) is 0 Å². The van der Waals surface area contributed by atoms with Gasteiger partial charge in [-0.25, -0.2) is 0 Å². The number of carbonyl (C=O) groups is 2. The number of benzene rings is 2. The van der Waals surface area contributed by atoms with Crippen LogP contribution in [0.4, 0.5) is 0 Å². The molecule has 2 aromatic carbocycles. The fraction of sp³-hybridized carbons (Fsp3) is 0.391. The highest BCUT2D eigenvalue weighted by atomic mass is 32.2. The molecule has 0 aromatic heterocycles. The molecule has 6 nitrogen and oxygen atoms in total. The van der Waals surface area contributed by atoms with Gasteiger partial charge in [0, 0.05) is 23.3 Å². The van der Waals surface area contributed by atoms with Crippen LogP contribution in [0, 0.1) is 0 Å². The number of hydrogen-bond acceptors (Lipinski definition) is 7. The lowest BCUT2D eigenvalue weighted by molar-refractivity contribution is -0.143. The third-order valence-electron chi connectivity index (χ3n) is 4.97. The average molecular weight is 431 g/mol. The molecule has 0 aliphatic heterocycles. The van der Waals surface area contributed by atoms with E-state index in [1.807, 2.05) is 36.6 Å². The Morgan fingerprint density at radius 1 is 0.967 bits per heavy atom. The Morgan fingerprint density at radius 2 is 1.77 bits per heavy atom. The molecule has 0 saturated carbocycles. The van der Waals surface area contributed by atoms with Crippen LogP contribution in [0.15, 0.2) is 30.3 Å². The van der Waals surface area contributed by atoms with Crippen molar-refractivity contribution in [3.63, 3.8) is 0 Å². The van der Waals surface area contributed by atoms with Crippen LogP contribution in [-0.4, -0.2) is 51.2 Å². The van der Waals surface area contributed by atoms with Gasteiger partial charge in [0.25, 0.3) is 0 Å². The summed E-state index contributed by atoms with van der Waals surface area (Å²) < 4.78 is 22.3. The van der Waals surface area contributed by atoms with Crippen LogP contribution in [0.25, 0.3) is 11.1 Å². The summed E-state index contributed by atoms with van der Waals surface area (Å²) in [7, 11) is 3.11. The van der Waals surface area contributed by atoms with E-state index < -0.39 is 0 Å². The maximum Gasteiger partial charge on any atom is 0.306 e. The fourth-order valence-electron chi connectivity index (χ4n) is 3.55. The van der Waals surface area contributed by atoms with Crippen molar-refractivity contribution in [2.24, 2.45) is 0 Å². The molecule has 0 fully saturated rings. The smallest absolute Gasteiger partial charge is 0.306 e. The minimum atomic E-state index is -0.245. The number of esters is 1. The lowest BCUT2D eigenvalue weighted by atomic mass is 9.95. The molecule has 1 aliphatic rings. The minimum Gasteiger partial charge on any atom is -0.493 e. The monoisotopic (exact) mass is 430 g/mol. The Labute approximate surface area is 180 Å². The van der Waals surface area contributed by atoms with Crippen LogP contribution in [0.2, 0.25) is 0 Å². The van der Waals surface area contributed by atoms with Crippen molar-refractivity contribution in [1.82, 2.24) is 0 Å². The van der Waals surface area contributed by atoms with Crippen LogP contribution in [0.3, 0.4) is 0 Å². The number of methoxy groups -OCH3 is 2. The van der Waals surface area contributed by atoms with E-state index in [0.717, 1.165) is 28.0 Å². The standard InChI is InChI=1S/C23H26O6S/c1-26-20-10-8-18(15-5-4-6-17-16(15)7-9-19(17)24)22(23(20)27-2)29-13-12-28-21(25)11-14-30-3/h4-6,8,10H,7,9,11-14H2,1-3H3. The van der Waals surface area contributed by atoms with Crippen molar-refractivity contribution in [2.75, 3.05) is 39.4 Å². The Morgan fingerprint density at radius 3 is 2.50 bits per heavy atom. The van der Waals surface area contributed by atoms with Gasteiger partial charge in [0.1, 0.15) is 13.2 Å². The van der Waals surface area contributed by atoms with Gasteiger partial charge < -0.3 is 18.9 Å². The largest absolute Gasteiger partial charge is 0.493 e. The van der Waals surface area contributed by atoms with Gasteiger partial charge in [-0.3, -0.25) is 9.59 Å². The molecular weight excluding hydrogens is 404 g/mol. The zero-order chi connectivity index (χ0) is 21.5. The molecule has 2 aromatic rings. The van der Waals surface area contributed by atoms with Gasteiger partial charge in [-0.1, -0.05) is 18.2 Å². The van der Waals surface area contributed by atoms with E-state index in [-0.39, 0.29) is 25.0 Å². The normalized spacial score (nSPS) is 12.4.